The van der Waals surface area contributed by atoms with Crippen LogP contribution in [0.15, 0.2) is 41.4 Å². The van der Waals surface area contributed by atoms with Gasteiger partial charge in [-0.15, -0.1) is 0 Å². The number of rotatable bonds is 6. The van der Waals surface area contributed by atoms with Crippen LogP contribution in [0.25, 0.3) is 0 Å². The summed E-state index contributed by atoms with van der Waals surface area (Å²) in [6.07, 6.45) is -1.35. The number of phenolic OH excluding ortho intramolecular Hbond substituents is 1. The van der Waals surface area contributed by atoms with E-state index in [0.29, 0.717) is 11.3 Å². The number of carbonyl (C=O) groups is 4. The van der Waals surface area contributed by atoms with Crippen LogP contribution in [0, 0.1) is 23.7 Å². The number of aliphatic imine (C=N–C) groups is 1. The lowest BCUT2D eigenvalue weighted by atomic mass is 9.52. The number of fused-ring (bicyclic) bond motifs is 3. The van der Waals surface area contributed by atoms with E-state index in [1.54, 1.807) is 44.1 Å². The number of ketones is 3. The number of Topliss-reactive ketones (excluding diaryl/α,β-unsaturated/α-hetero) is 3. The highest BCUT2D eigenvalue weighted by molar-refractivity contribution is 6.26. The first kappa shape index (κ1) is 31.1. The lowest BCUT2D eigenvalue weighted by molar-refractivity contribution is -0.190. The van der Waals surface area contributed by atoms with Gasteiger partial charge in [0.05, 0.1) is 29.8 Å². The van der Waals surface area contributed by atoms with E-state index in [1.165, 1.54) is 0 Å². The Morgan fingerprint density at radius 2 is 1.75 bits per heavy atom. The number of hydrogen-bond donors (Lipinski definition) is 6. The Balaban J connectivity index is 1.56. The second kappa shape index (κ2) is 11.3. The number of nitrogens with zero attached hydrogens (tertiary/aromatic N) is 3. The van der Waals surface area contributed by atoms with E-state index in [9.17, 15) is 34.5 Å². The van der Waals surface area contributed by atoms with E-state index in [1.807, 2.05) is 30.3 Å². The average molecular weight is 607 g/mol. The van der Waals surface area contributed by atoms with Crippen LogP contribution < -0.4 is 21.7 Å². The highest BCUT2D eigenvalue weighted by atomic mass is 16.3. The van der Waals surface area contributed by atoms with Crippen LogP contribution in [0.1, 0.15) is 27.9 Å². The molecule has 234 valence electrons. The van der Waals surface area contributed by atoms with Crippen LogP contribution in [0.5, 0.6) is 5.75 Å². The Bertz CT molecular complexity index is 1560. The fourth-order valence-corrected chi connectivity index (χ4v) is 7.30. The normalized spacial score (nSPS) is 30.0. The standard InChI is InChI=1S/C31H38N6O7/c1-36(2)19-12-18(35-30(33)34-13-14-8-6-5-7-9-14)24(38)21-16(19)10-15-11-17-23(37(3)4)26(40)22(29(32)43)28(42)31(17,44)27(41)20(15)25(21)39/h5-9,12,15,17,20,22-23,26,38,40,44H,10-11,13H2,1-4H3,(H2,32,43)(H3,33,34,35)/t15-,17-,20?,22?,23-,26?,31-/m1/s1. The molecule has 0 bridgehead atoms. The van der Waals surface area contributed by atoms with Crippen molar-refractivity contribution in [3.63, 3.8) is 0 Å². The van der Waals surface area contributed by atoms with E-state index >= 15 is 0 Å². The van der Waals surface area contributed by atoms with Crippen molar-refractivity contribution in [2.24, 2.45) is 40.1 Å². The molecule has 2 aromatic rings. The summed E-state index contributed by atoms with van der Waals surface area (Å²) in [6, 6.07) is 10.1. The van der Waals surface area contributed by atoms with Crippen molar-refractivity contribution >= 4 is 40.6 Å². The summed E-state index contributed by atoms with van der Waals surface area (Å²) in [5.41, 5.74) is 10.8. The summed E-state index contributed by atoms with van der Waals surface area (Å²) in [7, 11) is 6.75. The molecular formula is C31H38N6O7. The summed E-state index contributed by atoms with van der Waals surface area (Å²) in [5, 5.41) is 37.1. The number of hydrogen-bond acceptors (Lipinski definition) is 10. The number of primary amides is 1. The maximum atomic E-state index is 14.2. The highest BCUT2D eigenvalue weighted by Gasteiger charge is 2.69. The third-order valence-electron chi connectivity index (χ3n) is 9.29. The fraction of sp³-hybridized carbons (Fsp3) is 0.452. The van der Waals surface area contributed by atoms with Gasteiger partial charge in [0.1, 0.15) is 11.7 Å². The van der Waals surface area contributed by atoms with Crippen LogP contribution in [0.4, 0.5) is 11.4 Å². The van der Waals surface area contributed by atoms with Crippen molar-refractivity contribution in [2.75, 3.05) is 38.4 Å². The van der Waals surface area contributed by atoms with Gasteiger partial charge >= 0.3 is 0 Å². The van der Waals surface area contributed by atoms with Gasteiger partial charge in [-0.3, -0.25) is 19.2 Å². The quantitative estimate of drug-likeness (QED) is 0.108. The zero-order chi connectivity index (χ0) is 32.2. The summed E-state index contributed by atoms with van der Waals surface area (Å²) in [5.74, 6) is -9.71. The highest BCUT2D eigenvalue weighted by Crippen LogP contribution is 2.53. The maximum absolute atomic E-state index is 14.2. The zero-order valence-electron chi connectivity index (χ0n) is 25.0. The average Bonchev–Trinajstić information content (AvgIpc) is 2.95. The van der Waals surface area contributed by atoms with Crippen molar-refractivity contribution in [3.05, 3.63) is 53.1 Å². The number of amides is 1. The summed E-state index contributed by atoms with van der Waals surface area (Å²) >= 11 is 0. The minimum atomic E-state index is -2.73. The monoisotopic (exact) mass is 606 g/mol. The molecule has 0 heterocycles. The zero-order valence-corrected chi connectivity index (χ0v) is 25.0. The molecule has 0 aromatic heterocycles. The van der Waals surface area contributed by atoms with Crippen LogP contribution in [0.3, 0.4) is 0 Å². The molecule has 0 radical (unpaired) electrons. The van der Waals surface area contributed by atoms with Crippen molar-refractivity contribution in [2.45, 2.75) is 37.1 Å². The molecule has 13 nitrogen and oxygen atoms in total. The Labute approximate surface area is 254 Å². The minimum Gasteiger partial charge on any atom is -0.505 e. The number of nitrogens with one attached hydrogen (secondary N) is 1. The molecule has 1 amide bonds. The molecule has 44 heavy (non-hydrogen) atoms. The van der Waals surface area contributed by atoms with Gasteiger partial charge < -0.3 is 41.9 Å². The summed E-state index contributed by atoms with van der Waals surface area (Å²) in [6.45, 7) is 0.270. The topological polar surface area (TPSA) is 212 Å². The third kappa shape index (κ3) is 4.81. The smallest absolute Gasteiger partial charge is 0.230 e. The molecule has 3 aliphatic rings. The third-order valence-corrected chi connectivity index (χ3v) is 9.29. The Kier molecular flexibility index (Phi) is 7.99. The number of benzene rings is 2. The molecular weight excluding hydrogens is 568 g/mol. The number of nitrogens with two attached hydrogens (primary N) is 2. The van der Waals surface area contributed by atoms with Gasteiger partial charge in [-0.25, -0.2) is 4.99 Å². The van der Waals surface area contributed by atoms with E-state index in [-0.39, 0.29) is 36.6 Å². The molecule has 2 saturated carbocycles. The summed E-state index contributed by atoms with van der Waals surface area (Å²) in [4.78, 5) is 61.7. The van der Waals surface area contributed by atoms with Gasteiger partial charge in [-0.2, -0.15) is 0 Å². The molecule has 13 heteroatoms. The van der Waals surface area contributed by atoms with Gasteiger partial charge in [0, 0.05) is 31.7 Å². The molecule has 3 aliphatic carbocycles. The van der Waals surface area contributed by atoms with E-state index in [0.717, 1.165) is 5.56 Å². The number of anilines is 2. The molecule has 8 N–H and O–H groups in total. The SMILES string of the molecule is CN(C)c1cc(NC(N)=NCc2ccccc2)c(O)c2c1C[C@@H]1C[C@@H]3[C@@H](N(C)C)C(O)C(C(N)=O)C(=O)[C@]3(O)C(=O)C1C2=O. The van der Waals surface area contributed by atoms with Crippen molar-refractivity contribution in [3.8, 4) is 5.75 Å². The number of guanidine groups is 1. The predicted octanol–water partition coefficient (Wildman–Crippen LogP) is -0.348. The first-order chi connectivity index (χ1) is 20.7. The lowest BCUT2D eigenvalue weighted by Gasteiger charge is -2.55. The van der Waals surface area contributed by atoms with Gasteiger partial charge in [-0.05, 0) is 50.0 Å². The lowest BCUT2D eigenvalue weighted by Crippen LogP contribution is -2.75. The first-order valence-electron chi connectivity index (χ1n) is 14.4. The number of carbonyl (C=O) groups excluding carboxylic acids is 4. The van der Waals surface area contributed by atoms with Gasteiger partial charge in [0.15, 0.2) is 28.9 Å². The van der Waals surface area contributed by atoms with Crippen molar-refractivity contribution in [1.82, 2.24) is 4.90 Å². The van der Waals surface area contributed by atoms with Gasteiger partial charge in [-0.1, -0.05) is 30.3 Å². The maximum Gasteiger partial charge on any atom is 0.230 e. The summed E-state index contributed by atoms with van der Waals surface area (Å²) < 4.78 is 0. The molecule has 2 fully saturated rings. The van der Waals surface area contributed by atoms with Crippen LogP contribution in [-0.2, 0) is 27.3 Å². The number of aliphatic hydroxyl groups excluding tert-OH is 1. The number of aromatic hydroxyl groups is 1. The van der Waals surface area contributed by atoms with E-state index in [2.05, 4.69) is 10.3 Å². The molecule has 7 atom stereocenters. The predicted molar refractivity (Wildman–Crippen MR) is 162 cm³/mol. The second-order valence-electron chi connectivity index (χ2n) is 12.3. The molecule has 0 saturated heterocycles. The Morgan fingerprint density at radius 3 is 2.34 bits per heavy atom. The number of phenols is 1. The van der Waals surface area contributed by atoms with E-state index in [4.69, 9.17) is 11.5 Å². The second-order valence-corrected chi connectivity index (χ2v) is 12.3. The van der Waals surface area contributed by atoms with Crippen molar-refractivity contribution in [1.29, 1.82) is 0 Å². The van der Waals surface area contributed by atoms with Gasteiger partial charge in [0.2, 0.25) is 5.91 Å². The number of aliphatic hydroxyl groups is 2. The minimum absolute atomic E-state index is 0.0144. The fourth-order valence-electron chi connectivity index (χ4n) is 7.30. The number of likely N-dealkylation sites (N-methyl/N-ethyl adjacent to an activating group) is 1. The van der Waals surface area contributed by atoms with E-state index < -0.39 is 70.4 Å². The molecule has 0 aliphatic heterocycles. The molecule has 3 unspecified atom stereocenters. The molecule has 2 aromatic carbocycles. The van der Waals surface area contributed by atoms with Crippen LogP contribution in [-0.4, -0.2) is 95.4 Å². The van der Waals surface area contributed by atoms with Crippen molar-refractivity contribution < 1.29 is 34.5 Å². The van der Waals surface area contributed by atoms with Crippen LogP contribution in [0.2, 0.25) is 0 Å². The van der Waals surface area contributed by atoms with Crippen LogP contribution >= 0.6 is 0 Å². The Hall–Kier alpha value is -4.33. The molecule has 5 rings (SSSR count). The molecule has 0 spiro atoms. The van der Waals surface area contributed by atoms with Gasteiger partial charge in [0.25, 0.3) is 0 Å². The first-order valence-corrected chi connectivity index (χ1v) is 14.4. The Morgan fingerprint density at radius 1 is 1.09 bits per heavy atom. The largest absolute Gasteiger partial charge is 0.505 e.